The smallest absolute Gasteiger partial charge is 0.351 e. The van der Waals surface area contributed by atoms with Crippen LogP contribution < -0.4 is 34.8 Å². The number of anilines is 1. The molecule has 352 valence electrons. The van der Waals surface area contributed by atoms with Crippen LogP contribution in [0.5, 0.6) is 17.2 Å². The maximum atomic E-state index is 13.9. The maximum Gasteiger partial charge on any atom is 0.351 e. The summed E-state index contributed by atoms with van der Waals surface area (Å²) in [6.45, 7) is 5.91. The topological polar surface area (TPSA) is 190 Å². The quantitative estimate of drug-likeness (QED) is 0.0378. The van der Waals surface area contributed by atoms with E-state index >= 15 is 0 Å². The lowest BCUT2D eigenvalue weighted by Crippen LogP contribution is -3.11. The summed E-state index contributed by atoms with van der Waals surface area (Å²) in [4.78, 5) is 56.5. The first-order valence-electron chi connectivity index (χ1n) is 21.7. The van der Waals surface area contributed by atoms with E-state index in [0.29, 0.717) is 17.1 Å². The van der Waals surface area contributed by atoms with Gasteiger partial charge in [-0.25, -0.2) is 4.79 Å². The zero-order valence-corrected chi connectivity index (χ0v) is 39.5. The summed E-state index contributed by atoms with van der Waals surface area (Å²) in [5, 5.41) is 13.8. The fraction of sp³-hybridized carbons (Fsp3) is 0.286. The molecule has 1 unspecified atom stereocenters. The van der Waals surface area contributed by atoms with Gasteiger partial charge in [-0.15, -0.1) is 0 Å². The molecule has 6 aromatic rings. The van der Waals surface area contributed by atoms with Crippen molar-refractivity contribution < 1.29 is 47.5 Å². The van der Waals surface area contributed by atoms with E-state index in [4.69, 9.17) is 39.8 Å². The predicted molar refractivity (Wildman–Crippen MR) is 255 cm³/mol. The van der Waals surface area contributed by atoms with Crippen molar-refractivity contribution in [2.24, 2.45) is 0 Å². The fourth-order valence-electron chi connectivity index (χ4n) is 7.59. The number of nitro groups is 1. The Morgan fingerprint density at radius 2 is 1.34 bits per heavy atom. The molecule has 1 saturated heterocycles. The van der Waals surface area contributed by atoms with Crippen molar-refractivity contribution in [1.29, 1.82) is 0 Å². The monoisotopic (exact) mass is 951 g/mol. The Labute approximate surface area is 394 Å². The highest BCUT2D eigenvalue weighted by Crippen LogP contribution is 2.47. The van der Waals surface area contributed by atoms with Gasteiger partial charge < -0.3 is 43.1 Å². The number of non-ortho nitro benzene ring substituents is 1. The van der Waals surface area contributed by atoms with Crippen molar-refractivity contribution in [2.75, 3.05) is 45.8 Å². The van der Waals surface area contributed by atoms with Gasteiger partial charge in [0.25, 0.3) is 11.6 Å². The van der Waals surface area contributed by atoms with Gasteiger partial charge in [0.15, 0.2) is 6.72 Å². The van der Waals surface area contributed by atoms with Crippen LogP contribution in [-0.2, 0) is 31.4 Å². The maximum absolute atomic E-state index is 13.9. The van der Waals surface area contributed by atoms with E-state index in [9.17, 15) is 24.6 Å². The van der Waals surface area contributed by atoms with Gasteiger partial charge in [0, 0.05) is 30.3 Å². The summed E-state index contributed by atoms with van der Waals surface area (Å²) in [5.74, 6) is 0.814. The molecule has 0 bridgehead atoms. The molecule has 7 rings (SSSR count). The van der Waals surface area contributed by atoms with Crippen LogP contribution in [0.1, 0.15) is 60.5 Å². The van der Waals surface area contributed by atoms with E-state index in [1.54, 1.807) is 49.5 Å². The molecule has 0 radical (unpaired) electrons. The van der Waals surface area contributed by atoms with Crippen LogP contribution >= 0.6 is 6.72 Å². The lowest BCUT2D eigenvalue weighted by Gasteiger charge is -2.38. The second-order valence-corrected chi connectivity index (χ2v) is 17.9. The highest BCUT2D eigenvalue weighted by atomic mass is 32.5. The zero-order valence-electron chi connectivity index (χ0n) is 37.8. The van der Waals surface area contributed by atoms with Crippen molar-refractivity contribution in [2.45, 2.75) is 51.2 Å². The van der Waals surface area contributed by atoms with Crippen molar-refractivity contribution in [3.8, 4) is 17.2 Å². The van der Waals surface area contributed by atoms with E-state index in [-0.39, 0.29) is 30.3 Å². The van der Waals surface area contributed by atoms with Crippen LogP contribution in [0.2, 0.25) is 0 Å². The molecule has 1 aliphatic rings. The van der Waals surface area contributed by atoms with E-state index in [2.05, 4.69) is 31.1 Å². The molecule has 1 aliphatic heterocycles. The average Bonchev–Trinajstić information content (AvgIpc) is 3.74. The van der Waals surface area contributed by atoms with Gasteiger partial charge in [-0.2, -0.15) is 4.98 Å². The largest absolute Gasteiger partial charge is 0.770 e. The van der Waals surface area contributed by atoms with Crippen LogP contribution in [0, 0.1) is 10.1 Å². The van der Waals surface area contributed by atoms with Crippen LogP contribution in [0.25, 0.3) is 0 Å². The number of hydrogen-bond acceptors (Lipinski definition) is 13. The Morgan fingerprint density at radius 1 is 0.821 bits per heavy atom. The number of carbonyl (C=O) groups excluding carboxylic acids is 1. The zero-order chi connectivity index (χ0) is 48.0. The van der Waals surface area contributed by atoms with Crippen molar-refractivity contribution in [3.63, 3.8) is 0 Å². The van der Waals surface area contributed by atoms with Gasteiger partial charge in [-0.05, 0) is 104 Å². The minimum atomic E-state index is -4.38. The van der Waals surface area contributed by atoms with Crippen LogP contribution in [0.15, 0.2) is 151 Å². The Hall–Kier alpha value is -6.30. The average molecular weight is 952 g/mol. The summed E-state index contributed by atoms with van der Waals surface area (Å²) >= 11 is 5.35. The lowest BCUT2D eigenvalue weighted by atomic mass is 9.80. The molecule has 5 aromatic carbocycles. The first kappa shape index (κ1) is 50.1. The molecule has 1 aromatic heterocycles. The summed E-state index contributed by atoms with van der Waals surface area (Å²) in [5.41, 5.74) is 0.376. The van der Waals surface area contributed by atoms with Crippen LogP contribution in [0.3, 0.4) is 0 Å². The Kier molecular flexibility index (Phi) is 17.5. The first-order valence-corrected chi connectivity index (χ1v) is 24.2. The molecular weight excluding hydrogens is 898 g/mol. The standard InChI is InChI=1S/C43H39N4O11PS.C6H15N/c1-53-34-19-13-31(14-20-34)43(30-11-7-4-8-12-30,32-15-21-35(54-2)22-16-32)55-28-38-37(58-59(52,60)57-36-23-17-33(18-24-36)47(50)51)27-40(56-38)46-26-25-39(45-42(46)49)44-41(48)29-9-5-3-6-10-29;1-4-7(5-2)6-3/h3-26,37-38,40H,27-28H2,1-2H3,(H,52,60)(H,44,45,48,49);4-6H2,1-3H3/t37-,38+,40+,59?;/m0./s1. The van der Waals surface area contributed by atoms with E-state index in [1.165, 1.54) is 60.7 Å². The third-order valence-electron chi connectivity index (χ3n) is 11.3. The molecule has 0 saturated carbocycles. The van der Waals surface area contributed by atoms with Gasteiger partial charge in [-0.3, -0.25) is 19.5 Å². The number of benzene rings is 5. The first-order chi connectivity index (χ1) is 32.3. The van der Waals surface area contributed by atoms with Crippen LogP contribution in [-0.4, -0.2) is 73.1 Å². The number of amides is 1. The Morgan fingerprint density at radius 3 is 1.84 bits per heavy atom. The predicted octanol–water partition coefficient (Wildman–Crippen LogP) is 6.70. The number of rotatable bonds is 19. The minimum absolute atomic E-state index is 0.0159. The number of nitrogens with zero attached hydrogens (tertiary/aromatic N) is 3. The number of ether oxygens (including phenoxy) is 4. The summed E-state index contributed by atoms with van der Waals surface area (Å²) < 4.78 is 37.3. The molecule has 0 aliphatic carbocycles. The number of methoxy groups -OCH3 is 2. The number of nitro benzene ring substituents is 1. The number of carbonyl (C=O) groups is 1. The molecule has 2 heterocycles. The highest BCUT2D eigenvalue weighted by Gasteiger charge is 2.44. The Bertz CT molecular complexity index is 2590. The van der Waals surface area contributed by atoms with Crippen molar-refractivity contribution >= 4 is 35.9 Å². The third-order valence-corrected chi connectivity index (χ3v) is 12.7. The number of hydrogen-bond donors (Lipinski definition) is 2. The number of quaternary nitrogens is 1. The second kappa shape index (κ2) is 23.4. The highest BCUT2D eigenvalue weighted by molar-refractivity contribution is 8.06. The van der Waals surface area contributed by atoms with Crippen molar-refractivity contribution in [1.82, 2.24) is 9.55 Å². The minimum Gasteiger partial charge on any atom is -0.770 e. The molecule has 16 nitrogen and oxygen atoms in total. The number of aromatic nitrogens is 2. The molecule has 0 spiro atoms. The van der Waals surface area contributed by atoms with Crippen LogP contribution in [0.4, 0.5) is 11.5 Å². The molecule has 18 heteroatoms. The normalized spacial score (nSPS) is 16.6. The molecule has 67 heavy (non-hydrogen) atoms. The SMILES string of the molecule is CC[NH+](CC)CC.COc1ccc(C(OC[C@H]2O[C@@H](n3ccc(NC(=O)c4ccccc4)nc3=O)C[C@@H]2OP([O-])(=S)Oc2ccc([N+](=O)[O-])cc2)(c2ccccc2)c2ccc(OC)cc2)cc1. The molecule has 1 fully saturated rings. The number of nitrogens with one attached hydrogen (secondary N) is 2. The summed E-state index contributed by atoms with van der Waals surface area (Å²) in [6, 6.07) is 39.2. The summed E-state index contributed by atoms with van der Waals surface area (Å²) in [6.07, 6.45) is -1.76. The third kappa shape index (κ3) is 12.8. The van der Waals surface area contributed by atoms with E-state index in [0.717, 1.165) is 16.7 Å². The molecular formula is C49H54N5O11PS. The lowest BCUT2D eigenvalue weighted by molar-refractivity contribution is -0.894. The molecule has 4 atom stereocenters. The van der Waals surface area contributed by atoms with E-state index < -0.39 is 47.3 Å². The second-order valence-electron chi connectivity index (χ2n) is 15.2. The van der Waals surface area contributed by atoms with Gasteiger partial charge in [-0.1, -0.05) is 72.8 Å². The molecule has 1 amide bonds. The fourth-order valence-corrected chi connectivity index (χ4v) is 9.15. The van der Waals surface area contributed by atoms with Gasteiger partial charge >= 0.3 is 5.69 Å². The van der Waals surface area contributed by atoms with Crippen molar-refractivity contribution in [3.05, 3.63) is 189 Å². The Balaban J connectivity index is 0.000000980. The van der Waals surface area contributed by atoms with Gasteiger partial charge in [0.1, 0.15) is 41.0 Å². The van der Waals surface area contributed by atoms with Gasteiger partial charge in [0.05, 0.1) is 51.5 Å². The van der Waals surface area contributed by atoms with E-state index in [1.807, 2.05) is 78.9 Å². The molecule has 2 N–H and O–H groups in total. The van der Waals surface area contributed by atoms with Gasteiger partial charge in [0.2, 0.25) is 0 Å². The summed E-state index contributed by atoms with van der Waals surface area (Å²) in [7, 11) is 3.15.